The Balaban J connectivity index is 2.01. The van der Waals surface area contributed by atoms with Gasteiger partial charge >= 0.3 is 6.03 Å². The molecule has 5 nitrogen and oxygen atoms in total. The summed E-state index contributed by atoms with van der Waals surface area (Å²) in [6.45, 7) is 2.38. The lowest BCUT2D eigenvalue weighted by molar-refractivity contribution is -0.119. The Morgan fingerprint density at radius 1 is 1.36 bits per heavy atom. The van der Waals surface area contributed by atoms with Crippen molar-refractivity contribution in [1.82, 2.24) is 10.2 Å². The van der Waals surface area contributed by atoms with Crippen LogP contribution < -0.4 is 5.32 Å². The first-order valence-electron chi connectivity index (χ1n) is 6.78. The number of hydrogen-bond donors (Lipinski definition) is 1. The van der Waals surface area contributed by atoms with E-state index in [-0.39, 0.29) is 18.4 Å². The standard InChI is InChI=1S/C15H15Cl2N3O2/c1-2-20-7-3-4-13(19-15(20)22)18-14(21)9-10-5-6-11(16)12(17)8-10/h3,5-8H,2,4,9H2,1H3,(H,18,19,21,22). The summed E-state index contributed by atoms with van der Waals surface area (Å²) in [6, 6.07) is 4.62. The van der Waals surface area contributed by atoms with Crippen molar-refractivity contribution in [2.45, 2.75) is 19.8 Å². The van der Waals surface area contributed by atoms with Crippen molar-refractivity contribution in [3.05, 3.63) is 46.1 Å². The Kier molecular flexibility index (Phi) is 5.57. The number of aliphatic imine (C=N–C) groups is 1. The number of amides is 3. The number of amidine groups is 1. The van der Waals surface area contributed by atoms with E-state index in [1.807, 2.05) is 6.92 Å². The summed E-state index contributed by atoms with van der Waals surface area (Å²) in [5.41, 5.74) is 0.734. The molecule has 0 saturated heterocycles. The second kappa shape index (κ2) is 7.42. The zero-order valence-corrected chi connectivity index (χ0v) is 13.5. The molecule has 0 spiro atoms. The largest absolute Gasteiger partial charge is 0.349 e. The summed E-state index contributed by atoms with van der Waals surface area (Å²) in [6.07, 6.45) is 3.98. The molecule has 3 amide bonds. The van der Waals surface area contributed by atoms with Gasteiger partial charge in [-0.3, -0.25) is 9.69 Å². The summed E-state index contributed by atoms with van der Waals surface area (Å²) < 4.78 is 0. The molecular formula is C15H15Cl2N3O2. The minimum Gasteiger partial charge on any atom is -0.314 e. The highest BCUT2D eigenvalue weighted by Gasteiger charge is 2.14. The number of carbonyl (C=O) groups is 2. The van der Waals surface area contributed by atoms with Crippen molar-refractivity contribution in [2.24, 2.45) is 4.99 Å². The highest BCUT2D eigenvalue weighted by Crippen LogP contribution is 2.22. The van der Waals surface area contributed by atoms with Crippen LogP contribution in [0.2, 0.25) is 10.0 Å². The fraction of sp³-hybridized carbons (Fsp3) is 0.267. The summed E-state index contributed by atoms with van der Waals surface area (Å²) in [5.74, 6) is 0.0746. The average molecular weight is 340 g/mol. The monoisotopic (exact) mass is 339 g/mol. The van der Waals surface area contributed by atoms with E-state index in [1.165, 1.54) is 4.90 Å². The van der Waals surface area contributed by atoms with Crippen LogP contribution in [0.25, 0.3) is 0 Å². The zero-order valence-electron chi connectivity index (χ0n) is 12.0. The van der Waals surface area contributed by atoms with Gasteiger partial charge in [0.25, 0.3) is 0 Å². The predicted octanol–water partition coefficient (Wildman–Crippen LogP) is 3.41. The molecule has 0 aromatic heterocycles. The first-order chi connectivity index (χ1) is 10.5. The third kappa shape index (κ3) is 4.32. The Labute approximate surface area is 138 Å². The summed E-state index contributed by atoms with van der Waals surface area (Å²) >= 11 is 11.7. The molecule has 22 heavy (non-hydrogen) atoms. The van der Waals surface area contributed by atoms with Crippen molar-refractivity contribution in [1.29, 1.82) is 0 Å². The van der Waals surface area contributed by atoms with Gasteiger partial charge in [-0.25, -0.2) is 4.79 Å². The molecule has 0 bridgehead atoms. The fourth-order valence-corrected chi connectivity index (χ4v) is 2.26. The lowest BCUT2D eigenvalue weighted by Crippen LogP contribution is -2.32. The number of urea groups is 1. The molecule has 1 heterocycles. The second-order valence-electron chi connectivity index (χ2n) is 4.69. The Morgan fingerprint density at radius 3 is 2.82 bits per heavy atom. The van der Waals surface area contributed by atoms with E-state index < -0.39 is 0 Å². The van der Waals surface area contributed by atoms with Gasteiger partial charge in [0.2, 0.25) is 5.91 Å². The Hall–Kier alpha value is -1.85. The van der Waals surface area contributed by atoms with Gasteiger partial charge in [-0.1, -0.05) is 35.3 Å². The molecule has 1 aromatic carbocycles. The molecule has 0 atom stereocenters. The van der Waals surface area contributed by atoms with E-state index >= 15 is 0 Å². The van der Waals surface area contributed by atoms with Crippen molar-refractivity contribution in [3.8, 4) is 0 Å². The Bertz CT molecular complexity index is 656. The van der Waals surface area contributed by atoms with Gasteiger partial charge < -0.3 is 5.32 Å². The molecule has 116 valence electrons. The molecule has 2 rings (SSSR count). The van der Waals surface area contributed by atoms with Crippen LogP contribution in [0, 0.1) is 0 Å². The molecule has 1 aliphatic rings. The van der Waals surface area contributed by atoms with E-state index in [2.05, 4.69) is 10.3 Å². The van der Waals surface area contributed by atoms with Gasteiger partial charge in [-0.05, 0) is 24.6 Å². The molecule has 7 heteroatoms. The number of nitrogens with one attached hydrogen (secondary N) is 1. The third-order valence-corrected chi connectivity index (χ3v) is 3.78. The van der Waals surface area contributed by atoms with Crippen molar-refractivity contribution >= 4 is 41.0 Å². The van der Waals surface area contributed by atoms with Crippen LogP contribution in [0.5, 0.6) is 0 Å². The van der Waals surface area contributed by atoms with Gasteiger partial charge in [-0.15, -0.1) is 0 Å². The minimum absolute atomic E-state index is 0.130. The van der Waals surface area contributed by atoms with Gasteiger partial charge in [0, 0.05) is 19.2 Å². The Morgan fingerprint density at radius 2 is 2.14 bits per heavy atom. The first kappa shape index (κ1) is 16.5. The first-order valence-corrected chi connectivity index (χ1v) is 7.53. The van der Waals surface area contributed by atoms with Crippen molar-refractivity contribution in [2.75, 3.05) is 6.54 Å². The van der Waals surface area contributed by atoms with E-state index in [0.29, 0.717) is 28.8 Å². The number of hydrogen-bond acceptors (Lipinski definition) is 2. The van der Waals surface area contributed by atoms with Crippen LogP contribution in [0.4, 0.5) is 4.79 Å². The van der Waals surface area contributed by atoms with Crippen molar-refractivity contribution < 1.29 is 9.59 Å². The molecule has 0 fully saturated rings. The maximum absolute atomic E-state index is 12.0. The van der Waals surface area contributed by atoms with Crippen LogP contribution in [-0.2, 0) is 11.2 Å². The minimum atomic E-state index is -0.388. The van der Waals surface area contributed by atoms with Crippen LogP contribution in [0.3, 0.4) is 0 Å². The zero-order chi connectivity index (χ0) is 16.1. The van der Waals surface area contributed by atoms with Gasteiger partial charge in [0.15, 0.2) is 0 Å². The summed E-state index contributed by atoms with van der Waals surface area (Å²) in [4.78, 5) is 29.2. The van der Waals surface area contributed by atoms with Crippen LogP contribution >= 0.6 is 23.2 Å². The quantitative estimate of drug-likeness (QED) is 0.917. The second-order valence-corrected chi connectivity index (χ2v) is 5.50. The fourth-order valence-electron chi connectivity index (χ4n) is 1.94. The summed E-state index contributed by atoms with van der Waals surface area (Å²) in [7, 11) is 0. The topological polar surface area (TPSA) is 61.8 Å². The number of halogens is 2. The van der Waals surface area contributed by atoms with Crippen LogP contribution in [0.1, 0.15) is 18.9 Å². The lowest BCUT2D eigenvalue weighted by Gasteiger charge is -2.10. The van der Waals surface area contributed by atoms with Gasteiger partial charge in [0.05, 0.1) is 16.5 Å². The van der Waals surface area contributed by atoms with E-state index in [4.69, 9.17) is 23.2 Å². The smallest absolute Gasteiger partial charge is 0.314 e. The third-order valence-electron chi connectivity index (χ3n) is 3.05. The molecule has 0 radical (unpaired) electrons. The highest BCUT2D eigenvalue weighted by molar-refractivity contribution is 6.42. The number of benzene rings is 1. The molecular weight excluding hydrogens is 325 g/mol. The number of nitrogens with zero attached hydrogens (tertiary/aromatic N) is 2. The van der Waals surface area contributed by atoms with Gasteiger partial charge in [0.1, 0.15) is 5.84 Å². The highest BCUT2D eigenvalue weighted by atomic mass is 35.5. The van der Waals surface area contributed by atoms with Crippen molar-refractivity contribution in [3.63, 3.8) is 0 Å². The van der Waals surface area contributed by atoms with Crippen LogP contribution in [0.15, 0.2) is 35.5 Å². The number of carbonyl (C=O) groups excluding carboxylic acids is 2. The van der Waals surface area contributed by atoms with E-state index in [0.717, 1.165) is 5.56 Å². The van der Waals surface area contributed by atoms with E-state index in [9.17, 15) is 9.59 Å². The van der Waals surface area contributed by atoms with Gasteiger partial charge in [-0.2, -0.15) is 4.99 Å². The average Bonchev–Trinajstić information content (AvgIpc) is 2.63. The molecule has 1 aliphatic heterocycles. The molecule has 0 saturated carbocycles. The predicted molar refractivity (Wildman–Crippen MR) is 87.3 cm³/mol. The van der Waals surface area contributed by atoms with E-state index in [1.54, 1.807) is 30.5 Å². The molecule has 1 N–H and O–H groups in total. The summed E-state index contributed by atoms with van der Waals surface area (Å²) in [5, 5.41) is 3.49. The lowest BCUT2D eigenvalue weighted by atomic mass is 10.1. The van der Waals surface area contributed by atoms with Crippen LogP contribution in [-0.4, -0.2) is 29.2 Å². The SMILES string of the molecule is CCN1C=CCC(NC(=O)Cc2ccc(Cl)c(Cl)c2)=NC1=O. The maximum atomic E-state index is 12.0. The number of rotatable bonds is 3. The molecule has 0 aliphatic carbocycles. The normalized spacial score (nSPS) is 14.6. The maximum Gasteiger partial charge on any atom is 0.349 e. The molecule has 1 aromatic rings. The molecule has 0 unspecified atom stereocenters.